The lowest BCUT2D eigenvalue weighted by Crippen LogP contribution is -1.96. The van der Waals surface area contributed by atoms with Gasteiger partial charge in [-0.3, -0.25) is 0 Å². The highest BCUT2D eigenvalue weighted by Crippen LogP contribution is 2.31. The van der Waals surface area contributed by atoms with Crippen molar-refractivity contribution in [3.05, 3.63) is 102 Å². The van der Waals surface area contributed by atoms with Crippen molar-refractivity contribution in [1.29, 1.82) is 0 Å². The Hall–Kier alpha value is -2.79. The summed E-state index contributed by atoms with van der Waals surface area (Å²) in [6, 6.07) is 30.4. The van der Waals surface area contributed by atoms with Crippen LogP contribution in [0.15, 0.2) is 91.0 Å². The Kier molecular flexibility index (Phi) is 5.26. The van der Waals surface area contributed by atoms with E-state index in [2.05, 4.69) is 35.3 Å². The SMILES string of the molecule is C(#CP(C#Cc1ccccc1)c1ccccc1)c1ccccc1. The summed E-state index contributed by atoms with van der Waals surface area (Å²) in [5.74, 6) is 6.51. The summed E-state index contributed by atoms with van der Waals surface area (Å²) in [7, 11) is -0.825. The maximum absolute atomic E-state index is 3.36. The van der Waals surface area contributed by atoms with Crippen LogP contribution in [0.3, 0.4) is 0 Å². The minimum Gasteiger partial charge on any atom is -0.0622 e. The molecule has 0 spiro atoms. The van der Waals surface area contributed by atoms with Gasteiger partial charge in [0.15, 0.2) is 0 Å². The zero-order chi connectivity index (χ0) is 15.7. The van der Waals surface area contributed by atoms with E-state index in [0.29, 0.717) is 0 Å². The fraction of sp³-hybridized carbons (Fsp3) is 0. The molecule has 0 aliphatic heterocycles. The molecule has 0 saturated carbocycles. The summed E-state index contributed by atoms with van der Waals surface area (Å²) >= 11 is 0. The average molecular weight is 310 g/mol. The molecule has 0 saturated heterocycles. The monoisotopic (exact) mass is 310 g/mol. The molecule has 0 amide bonds. The van der Waals surface area contributed by atoms with Gasteiger partial charge in [0.1, 0.15) is 0 Å². The smallest absolute Gasteiger partial charge is 0.0622 e. The predicted octanol–water partition coefficient (Wildman–Crippen LogP) is 4.81. The lowest BCUT2D eigenvalue weighted by molar-refractivity contribution is 1.65. The Morgan fingerprint density at radius 2 is 0.870 bits per heavy atom. The van der Waals surface area contributed by atoms with Gasteiger partial charge in [-0.1, -0.05) is 89.9 Å². The van der Waals surface area contributed by atoms with Crippen molar-refractivity contribution in [2.24, 2.45) is 0 Å². The Labute approximate surface area is 139 Å². The van der Waals surface area contributed by atoms with Crippen molar-refractivity contribution < 1.29 is 0 Å². The summed E-state index contributed by atoms with van der Waals surface area (Å²) < 4.78 is 0. The fourth-order valence-corrected chi connectivity index (χ4v) is 3.28. The summed E-state index contributed by atoms with van der Waals surface area (Å²) in [4.78, 5) is 0. The van der Waals surface area contributed by atoms with E-state index >= 15 is 0 Å². The molecular weight excluding hydrogens is 295 g/mol. The van der Waals surface area contributed by atoms with E-state index in [0.717, 1.165) is 11.1 Å². The zero-order valence-electron chi connectivity index (χ0n) is 12.6. The van der Waals surface area contributed by atoms with Gasteiger partial charge in [-0.2, -0.15) is 0 Å². The molecule has 23 heavy (non-hydrogen) atoms. The van der Waals surface area contributed by atoms with E-state index in [1.165, 1.54) is 5.30 Å². The largest absolute Gasteiger partial charge is 0.0818 e. The summed E-state index contributed by atoms with van der Waals surface area (Å²) in [6.45, 7) is 0. The van der Waals surface area contributed by atoms with Gasteiger partial charge in [0.05, 0.1) is 7.92 Å². The van der Waals surface area contributed by atoms with Crippen molar-refractivity contribution in [2.75, 3.05) is 0 Å². The van der Waals surface area contributed by atoms with Crippen LogP contribution in [-0.2, 0) is 0 Å². The molecule has 0 nitrogen and oxygen atoms in total. The minimum atomic E-state index is -0.825. The molecule has 0 N–H and O–H groups in total. The zero-order valence-corrected chi connectivity index (χ0v) is 13.5. The second-order valence-corrected chi connectivity index (χ2v) is 6.51. The van der Waals surface area contributed by atoms with Crippen LogP contribution in [0.1, 0.15) is 11.1 Å². The summed E-state index contributed by atoms with van der Waals surface area (Å²) in [5, 5.41) is 1.19. The normalized spacial score (nSPS) is 9.43. The van der Waals surface area contributed by atoms with Gasteiger partial charge in [-0.25, -0.2) is 0 Å². The molecule has 0 bridgehead atoms. The highest BCUT2D eigenvalue weighted by atomic mass is 31.1. The molecule has 3 aromatic rings. The number of rotatable bonds is 1. The highest BCUT2D eigenvalue weighted by Gasteiger charge is 2.03. The quantitative estimate of drug-likeness (QED) is 0.447. The molecule has 0 aliphatic carbocycles. The van der Waals surface area contributed by atoms with Gasteiger partial charge < -0.3 is 0 Å². The fourth-order valence-electron chi connectivity index (χ4n) is 2.02. The highest BCUT2D eigenvalue weighted by molar-refractivity contribution is 7.75. The molecule has 3 aromatic carbocycles. The second-order valence-electron chi connectivity index (χ2n) is 4.88. The molecule has 0 atom stereocenters. The van der Waals surface area contributed by atoms with E-state index in [1.54, 1.807) is 0 Å². The number of hydrogen-bond donors (Lipinski definition) is 0. The van der Waals surface area contributed by atoms with Crippen LogP contribution in [0.4, 0.5) is 0 Å². The van der Waals surface area contributed by atoms with Gasteiger partial charge in [0, 0.05) is 16.4 Å². The Morgan fingerprint density at radius 3 is 1.30 bits per heavy atom. The topological polar surface area (TPSA) is 0 Å². The molecule has 0 aromatic heterocycles. The number of benzene rings is 3. The lowest BCUT2D eigenvalue weighted by Gasteiger charge is -2.02. The number of hydrogen-bond acceptors (Lipinski definition) is 0. The van der Waals surface area contributed by atoms with Gasteiger partial charge in [0.25, 0.3) is 0 Å². The summed E-state index contributed by atoms with van der Waals surface area (Å²) in [6.07, 6.45) is 0. The van der Waals surface area contributed by atoms with E-state index in [4.69, 9.17) is 0 Å². The summed E-state index contributed by atoms with van der Waals surface area (Å²) in [5.41, 5.74) is 8.78. The van der Waals surface area contributed by atoms with Crippen LogP contribution in [0.25, 0.3) is 0 Å². The van der Waals surface area contributed by atoms with E-state index < -0.39 is 7.92 Å². The first-order valence-corrected chi connectivity index (χ1v) is 8.74. The van der Waals surface area contributed by atoms with Crippen LogP contribution in [0.2, 0.25) is 0 Å². The van der Waals surface area contributed by atoms with Gasteiger partial charge in [-0.15, -0.1) is 0 Å². The molecule has 108 valence electrons. The van der Waals surface area contributed by atoms with Crippen LogP contribution in [0, 0.1) is 23.2 Å². The Balaban J connectivity index is 1.93. The molecule has 1 heteroatoms. The standard InChI is InChI=1S/C22H15P/c1-4-10-20(11-5-1)16-18-23(22-14-8-3-9-15-22)19-17-21-12-6-2-7-13-21/h1-15H. The van der Waals surface area contributed by atoms with Crippen LogP contribution < -0.4 is 5.30 Å². The van der Waals surface area contributed by atoms with Crippen molar-refractivity contribution in [1.82, 2.24) is 0 Å². The van der Waals surface area contributed by atoms with Gasteiger partial charge in [0.2, 0.25) is 0 Å². The molecule has 3 rings (SSSR count). The van der Waals surface area contributed by atoms with Crippen LogP contribution in [0.5, 0.6) is 0 Å². The third-order valence-corrected chi connectivity index (χ3v) is 4.67. The molecule has 0 fully saturated rings. The van der Waals surface area contributed by atoms with Crippen LogP contribution >= 0.6 is 7.92 Å². The van der Waals surface area contributed by atoms with Crippen molar-refractivity contribution in [3.8, 4) is 23.2 Å². The average Bonchev–Trinajstić information content (AvgIpc) is 2.64. The van der Waals surface area contributed by atoms with E-state index in [1.807, 2.05) is 78.9 Å². The van der Waals surface area contributed by atoms with Crippen LogP contribution in [-0.4, -0.2) is 0 Å². The molecule has 0 radical (unpaired) electrons. The minimum absolute atomic E-state index is 0.825. The van der Waals surface area contributed by atoms with E-state index in [9.17, 15) is 0 Å². The molecule has 0 unspecified atom stereocenters. The Bertz CT molecular complexity index is 803. The Morgan fingerprint density at radius 1 is 0.478 bits per heavy atom. The van der Waals surface area contributed by atoms with Crippen molar-refractivity contribution in [3.63, 3.8) is 0 Å². The predicted molar refractivity (Wildman–Crippen MR) is 99.6 cm³/mol. The van der Waals surface area contributed by atoms with Crippen molar-refractivity contribution in [2.45, 2.75) is 0 Å². The first kappa shape index (κ1) is 15.1. The third kappa shape index (κ3) is 4.59. The van der Waals surface area contributed by atoms with Gasteiger partial charge >= 0.3 is 0 Å². The maximum Gasteiger partial charge on any atom is 0.0818 e. The molecule has 0 heterocycles. The lowest BCUT2D eigenvalue weighted by atomic mass is 10.2. The maximum atomic E-state index is 3.36. The first-order chi connectivity index (χ1) is 11.4. The first-order valence-electron chi connectivity index (χ1n) is 7.40. The second kappa shape index (κ2) is 8.00. The van der Waals surface area contributed by atoms with E-state index in [-0.39, 0.29) is 0 Å². The molecular formula is C22H15P. The van der Waals surface area contributed by atoms with Crippen molar-refractivity contribution >= 4 is 13.2 Å². The van der Waals surface area contributed by atoms with Gasteiger partial charge in [-0.05, 0) is 24.3 Å². The third-order valence-electron chi connectivity index (χ3n) is 3.19. The molecule has 0 aliphatic rings.